The van der Waals surface area contributed by atoms with Gasteiger partial charge in [-0.3, -0.25) is 19.5 Å². The van der Waals surface area contributed by atoms with Crippen LogP contribution in [0.25, 0.3) is 5.76 Å². The number of Topliss-reactive ketones (excluding diaryl/α,β-unsaturated/α-hetero) is 1. The van der Waals surface area contributed by atoms with Crippen molar-refractivity contribution in [3.05, 3.63) is 94.3 Å². The number of aliphatic hydroxyl groups is 1. The minimum atomic E-state index is -1.20. The number of anilines is 1. The van der Waals surface area contributed by atoms with E-state index in [1.807, 2.05) is 0 Å². The summed E-state index contributed by atoms with van der Waals surface area (Å²) in [6.07, 6.45) is 1.45. The highest BCUT2D eigenvalue weighted by molar-refractivity contribution is 6.51. The molecule has 0 saturated carbocycles. The smallest absolute Gasteiger partial charge is 0.300 e. The van der Waals surface area contributed by atoms with E-state index in [1.165, 1.54) is 37.6 Å². The van der Waals surface area contributed by atoms with E-state index in [1.54, 1.807) is 18.2 Å². The quantitative estimate of drug-likeness (QED) is 0.351. The molecule has 1 atom stereocenters. The van der Waals surface area contributed by atoms with Gasteiger partial charge in [-0.25, -0.2) is 8.78 Å². The molecule has 1 fully saturated rings. The highest BCUT2D eigenvalue weighted by Crippen LogP contribution is 2.43. The van der Waals surface area contributed by atoms with E-state index in [9.17, 15) is 23.5 Å². The van der Waals surface area contributed by atoms with Gasteiger partial charge in [-0.2, -0.15) is 0 Å². The zero-order valence-corrected chi connectivity index (χ0v) is 17.3. The normalized spacial score (nSPS) is 17.6. The average molecular weight is 457 g/mol. The molecule has 1 saturated heterocycles. The number of methoxy groups -OCH3 is 1. The number of halogens is 3. The van der Waals surface area contributed by atoms with Gasteiger partial charge in [0.1, 0.15) is 17.6 Å². The van der Waals surface area contributed by atoms with Crippen LogP contribution < -0.4 is 9.64 Å². The minimum absolute atomic E-state index is 0.0706. The summed E-state index contributed by atoms with van der Waals surface area (Å²) in [5.41, 5.74) is -0.0408. The lowest BCUT2D eigenvalue weighted by Gasteiger charge is -2.24. The topological polar surface area (TPSA) is 79.7 Å². The van der Waals surface area contributed by atoms with Gasteiger partial charge in [0.05, 0.1) is 23.9 Å². The molecular weight excluding hydrogens is 442 g/mol. The Hall–Kier alpha value is -3.78. The van der Waals surface area contributed by atoms with Crippen molar-refractivity contribution in [3.8, 4) is 5.75 Å². The second-order valence-electron chi connectivity index (χ2n) is 6.87. The van der Waals surface area contributed by atoms with Gasteiger partial charge in [-0.05, 0) is 42.5 Å². The summed E-state index contributed by atoms with van der Waals surface area (Å²) < 4.78 is 32.7. The maximum absolute atomic E-state index is 13.9. The summed E-state index contributed by atoms with van der Waals surface area (Å²) in [5, 5.41) is 11.4. The molecule has 0 bridgehead atoms. The van der Waals surface area contributed by atoms with Crippen molar-refractivity contribution in [3.63, 3.8) is 0 Å². The van der Waals surface area contributed by atoms with Crippen LogP contribution in [0.2, 0.25) is 5.02 Å². The number of ketones is 1. The van der Waals surface area contributed by atoms with Gasteiger partial charge < -0.3 is 9.84 Å². The molecule has 1 unspecified atom stereocenters. The molecule has 2 aromatic carbocycles. The molecule has 4 rings (SSSR count). The highest BCUT2D eigenvalue weighted by Gasteiger charge is 2.48. The number of hydrogen-bond acceptors (Lipinski definition) is 5. The fourth-order valence-corrected chi connectivity index (χ4v) is 3.73. The molecule has 0 aliphatic carbocycles. The van der Waals surface area contributed by atoms with E-state index in [0.717, 1.165) is 17.0 Å². The SMILES string of the molecule is COc1ccc(Cl)cc1/C(O)=C1\C(=O)C(=O)N(c2ccc(F)c(F)c2)C1c1ccccn1. The Morgan fingerprint density at radius 3 is 2.53 bits per heavy atom. The van der Waals surface area contributed by atoms with Gasteiger partial charge in [0.2, 0.25) is 0 Å². The lowest BCUT2D eigenvalue weighted by molar-refractivity contribution is -0.132. The van der Waals surface area contributed by atoms with Crippen molar-refractivity contribution in [2.24, 2.45) is 0 Å². The molecule has 1 N–H and O–H groups in total. The maximum Gasteiger partial charge on any atom is 0.300 e. The lowest BCUT2D eigenvalue weighted by Crippen LogP contribution is -2.30. The van der Waals surface area contributed by atoms with Crippen LogP contribution in [0.1, 0.15) is 17.3 Å². The van der Waals surface area contributed by atoms with Crippen LogP contribution in [-0.4, -0.2) is 28.9 Å². The summed E-state index contributed by atoms with van der Waals surface area (Å²) in [6.45, 7) is 0. The number of carbonyl (C=O) groups excluding carboxylic acids is 2. The Kier molecular flexibility index (Phi) is 5.63. The average Bonchev–Trinajstić information content (AvgIpc) is 3.06. The Morgan fingerprint density at radius 2 is 1.88 bits per heavy atom. The second kappa shape index (κ2) is 8.39. The lowest BCUT2D eigenvalue weighted by atomic mass is 9.97. The Balaban J connectivity index is 1.98. The highest BCUT2D eigenvalue weighted by atomic mass is 35.5. The predicted octanol–water partition coefficient (Wildman–Crippen LogP) is 4.65. The largest absolute Gasteiger partial charge is 0.507 e. The van der Waals surface area contributed by atoms with Gasteiger partial charge >= 0.3 is 0 Å². The van der Waals surface area contributed by atoms with Crippen molar-refractivity contribution in [1.82, 2.24) is 4.98 Å². The number of aromatic nitrogens is 1. The number of amides is 1. The molecule has 9 heteroatoms. The number of benzene rings is 2. The fraction of sp³-hybridized carbons (Fsp3) is 0.0870. The summed E-state index contributed by atoms with van der Waals surface area (Å²) >= 11 is 6.06. The molecule has 32 heavy (non-hydrogen) atoms. The minimum Gasteiger partial charge on any atom is -0.507 e. The predicted molar refractivity (Wildman–Crippen MR) is 113 cm³/mol. The first-order valence-corrected chi connectivity index (χ1v) is 9.72. The van der Waals surface area contributed by atoms with Crippen molar-refractivity contribution < 1.29 is 28.2 Å². The zero-order chi connectivity index (χ0) is 23.0. The van der Waals surface area contributed by atoms with Crippen molar-refractivity contribution in [2.45, 2.75) is 6.04 Å². The van der Waals surface area contributed by atoms with Crippen LogP contribution in [0, 0.1) is 11.6 Å². The third-order valence-corrected chi connectivity index (χ3v) is 5.25. The van der Waals surface area contributed by atoms with Gasteiger partial charge in [0.25, 0.3) is 11.7 Å². The van der Waals surface area contributed by atoms with Crippen LogP contribution in [-0.2, 0) is 9.59 Å². The monoisotopic (exact) mass is 456 g/mol. The molecule has 3 aromatic rings. The second-order valence-corrected chi connectivity index (χ2v) is 7.30. The maximum atomic E-state index is 13.9. The summed E-state index contributed by atoms with van der Waals surface area (Å²) in [7, 11) is 1.37. The Bertz CT molecular complexity index is 1260. The molecule has 162 valence electrons. The van der Waals surface area contributed by atoms with Gasteiger partial charge in [0.15, 0.2) is 11.6 Å². The van der Waals surface area contributed by atoms with E-state index in [0.29, 0.717) is 0 Å². The number of hydrogen-bond donors (Lipinski definition) is 1. The number of nitrogens with zero attached hydrogens (tertiary/aromatic N) is 2. The van der Waals surface area contributed by atoms with E-state index < -0.39 is 35.1 Å². The van der Waals surface area contributed by atoms with E-state index >= 15 is 0 Å². The van der Waals surface area contributed by atoms with Crippen LogP contribution in [0.3, 0.4) is 0 Å². The number of rotatable bonds is 4. The molecule has 0 radical (unpaired) electrons. The number of aliphatic hydroxyl groups excluding tert-OH is 1. The molecule has 1 aromatic heterocycles. The van der Waals surface area contributed by atoms with Crippen molar-refractivity contribution in [1.29, 1.82) is 0 Å². The molecule has 2 heterocycles. The van der Waals surface area contributed by atoms with E-state index in [2.05, 4.69) is 4.98 Å². The molecule has 1 aliphatic rings. The van der Waals surface area contributed by atoms with Crippen molar-refractivity contribution in [2.75, 3.05) is 12.0 Å². The first kappa shape index (κ1) is 21.5. The summed E-state index contributed by atoms with van der Waals surface area (Å²) in [4.78, 5) is 31.2. The van der Waals surface area contributed by atoms with Gasteiger partial charge in [-0.15, -0.1) is 0 Å². The molecular formula is C23H15ClF2N2O4. The standard InChI is InChI=1S/C23H15ClF2N2O4/c1-32-18-8-5-12(24)10-14(18)21(29)19-20(17-4-2-3-9-27-17)28(23(31)22(19)30)13-6-7-15(25)16(26)11-13/h2-11,20,29H,1H3/b21-19+. The number of pyridine rings is 1. The van der Waals surface area contributed by atoms with Crippen LogP contribution in [0.15, 0.2) is 66.4 Å². The van der Waals surface area contributed by atoms with Crippen LogP contribution in [0.4, 0.5) is 14.5 Å². The summed E-state index contributed by atoms with van der Waals surface area (Å²) in [5.74, 6) is -4.68. The van der Waals surface area contributed by atoms with Crippen molar-refractivity contribution >= 4 is 34.7 Å². The number of ether oxygens (including phenoxy) is 1. The fourth-order valence-electron chi connectivity index (χ4n) is 3.56. The molecule has 1 amide bonds. The van der Waals surface area contributed by atoms with Gasteiger partial charge in [-0.1, -0.05) is 17.7 Å². The van der Waals surface area contributed by atoms with Gasteiger partial charge in [0, 0.05) is 23.0 Å². The third-order valence-electron chi connectivity index (χ3n) is 5.01. The molecule has 1 aliphatic heterocycles. The third kappa shape index (κ3) is 3.58. The first-order valence-electron chi connectivity index (χ1n) is 9.34. The summed E-state index contributed by atoms with van der Waals surface area (Å²) in [6, 6.07) is 10.8. The van der Waals surface area contributed by atoms with Crippen LogP contribution >= 0.6 is 11.6 Å². The molecule has 6 nitrogen and oxygen atoms in total. The van der Waals surface area contributed by atoms with E-state index in [4.69, 9.17) is 16.3 Å². The Labute approximate surface area is 186 Å². The first-order chi connectivity index (χ1) is 15.3. The zero-order valence-electron chi connectivity index (χ0n) is 16.6. The molecule has 0 spiro atoms. The van der Waals surface area contributed by atoms with E-state index in [-0.39, 0.29) is 33.3 Å². The number of carbonyl (C=O) groups is 2. The Morgan fingerprint density at radius 1 is 1.09 bits per heavy atom. The van der Waals surface area contributed by atoms with Crippen LogP contribution in [0.5, 0.6) is 5.75 Å².